The molecule has 1 aromatic heterocycles. The Bertz CT molecular complexity index is 1540. The van der Waals surface area contributed by atoms with E-state index in [0.29, 0.717) is 18.5 Å². The number of hydrazone groups is 1. The highest BCUT2D eigenvalue weighted by molar-refractivity contribution is 6.07. The number of aryl methyl sites for hydroxylation is 1. The summed E-state index contributed by atoms with van der Waals surface area (Å²) in [7, 11) is 1.41. The molecule has 0 aliphatic carbocycles. The van der Waals surface area contributed by atoms with E-state index in [1.54, 1.807) is 6.07 Å². The summed E-state index contributed by atoms with van der Waals surface area (Å²) < 4.78 is 7.33. The van der Waals surface area contributed by atoms with Crippen LogP contribution in [0.1, 0.15) is 60.4 Å². The zero-order chi connectivity index (χ0) is 26.6. The number of rotatable bonds is 8. The summed E-state index contributed by atoms with van der Waals surface area (Å²) in [5.41, 5.74) is 9.91. The van der Waals surface area contributed by atoms with Gasteiger partial charge in [0.05, 0.1) is 29.4 Å². The maximum absolute atomic E-state index is 12.5. The van der Waals surface area contributed by atoms with Gasteiger partial charge >= 0.3 is 5.97 Å². The van der Waals surface area contributed by atoms with Gasteiger partial charge in [0, 0.05) is 30.9 Å². The highest BCUT2D eigenvalue weighted by Crippen LogP contribution is 2.30. The molecule has 0 radical (unpaired) electrons. The first-order chi connectivity index (χ1) is 18.5. The Labute approximate surface area is 222 Å². The maximum atomic E-state index is 12.5. The van der Waals surface area contributed by atoms with Gasteiger partial charge in [-0.05, 0) is 41.3 Å². The van der Waals surface area contributed by atoms with E-state index in [4.69, 9.17) is 9.72 Å². The van der Waals surface area contributed by atoms with E-state index in [-0.39, 0.29) is 17.8 Å². The van der Waals surface area contributed by atoms with Crippen LogP contribution in [0.5, 0.6) is 0 Å². The standard InChI is InChI=1S/C31H32N4O3/c1-4-5-14-28-32-26-18-21(30-20(2)17-29(36)33-34-30)15-16-27(26)35(28)19-22-10-6-7-11-23(22)24-12-8-9-13-25(24)31(37)38-3/h6-13,15-16,18,20H,4-5,14,17,19H2,1-3H3,(H,33,36). The average molecular weight is 509 g/mol. The first-order valence-corrected chi connectivity index (χ1v) is 13.1. The summed E-state index contributed by atoms with van der Waals surface area (Å²) in [6, 6.07) is 22.0. The quantitative estimate of drug-likeness (QED) is 0.308. The van der Waals surface area contributed by atoms with Crippen LogP contribution in [0.25, 0.3) is 22.2 Å². The molecule has 1 N–H and O–H groups in total. The van der Waals surface area contributed by atoms with Gasteiger partial charge in [0.2, 0.25) is 5.91 Å². The fourth-order valence-corrected chi connectivity index (χ4v) is 5.14. The molecule has 0 bridgehead atoms. The van der Waals surface area contributed by atoms with Crippen LogP contribution in [-0.4, -0.2) is 34.2 Å². The minimum Gasteiger partial charge on any atom is -0.465 e. The average Bonchev–Trinajstić information content (AvgIpc) is 3.28. The third kappa shape index (κ3) is 4.96. The van der Waals surface area contributed by atoms with Gasteiger partial charge < -0.3 is 9.30 Å². The Morgan fingerprint density at radius 3 is 2.61 bits per heavy atom. The highest BCUT2D eigenvalue weighted by atomic mass is 16.5. The first kappa shape index (κ1) is 25.4. The number of amides is 1. The molecule has 0 saturated carbocycles. The lowest BCUT2D eigenvalue weighted by Gasteiger charge is -2.19. The molecule has 1 unspecified atom stereocenters. The van der Waals surface area contributed by atoms with Crippen LogP contribution in [0.15, 0.2) is 71.8 Å². The minimum absolute atomic E-state index is 0.0459. The summed E-state index contributed by atoms with van der Waals surface area (Å²) in [5.74, 6) is 0.670. The molecule has 0 spiro atoms. The van der Waals surface area contributed by atoms with E-state index in [0.717, 1.165) is 64.1 Å². The topological polar surface area (TPSA) is 85.6 Å². The van der Waals surface area contributed by atoms with Crippen LogP contribution in [0.2, 0.25) is 0 Å². The lowest BCUT2D eigenvalue weighted by atomic mass is 9.94. The number of carbonyl (C=O) groups is 2. The molecule has 38 heavy (non-hydrogen) atoms. The van der Waals surface area contributed by atoms with Crippen LogP contribution in [-0.2, 0) is 22.5 Å². The number of ether oxygens (including phenoxy) is 1. The molecular formula is C31H32N4O3. The number of hydrogen-bond donors (Lipinski definition) is 1. The fraction of sp³-hybridized carbons (Fsp3) is 0.290. The van der Waals surface area contributed by atoms with E-state index in [1.807, 2.05) is 37.3 Å². The molecule has 1 aliphatic heterocycles. The fourth-order valence-electron chi connectivity index (χ4n) is 5.14. The Morgan fingerprint density at radius 2 is 1.84 bits per heavy atom. The van der Waals surface area contributed by atoms with Gasteiger partial charge in [-0.2, -0.15) is 5.10 Å². The van der Waals surface area contributed by atoms with Crippen molar-refractivity contribution in [2.45, 2.75) is 46.1 Å². The van der Waals surface area contributed by atoms with Crippen LogP contribution in [0, 0.1) is 5.92 Å². The minimum atomic E-state index is -0.351. The van der Waals surface area contributed by atoms with Crippen molar-refractivity contribution in [3.05, 3.63) is 89.2 Å². The van der Waals surface area contributed by atoms with Gasteiger partial charge in [-0.1, -0.05) is 68.8 Å². The lowest BCUT2D eigenvalue weighted by molar-refractivity contribution is -0.121. The van der Waals surface area contributed by atoms with E-state index in [2.05, 4.69) is 52.3 Å². The van der Waals surface area contributed by atoms with Gasteiger partial charge in [-0.25, -0.2) is 15.2 Å². The van der Waals surface area contributed by atoms with E-state index in [9.17, 15) is 9.59 Å². The van der Waals surface area contributed by atoms with Crippen molar-refractivity contribution in [1.29, 1.82) is 0 Å². The van der Waals surface area contributed by atoms with Crippen molar-refractivity contribution >= 4 is 28.6 Å². The molecule has 5 rings (SSSR count). The number of fused-ring (bicyclic) bond motifs is 1. The smallest absolute Gasteiger partial charge is 0.338 e. The number of unbranched alkanes of at least 4 members (excludes halogenated alkanes) is 1. The van der Waals surface area contributed by atoms with Crippen LogP contribution < -0.4 is 5.43 Å². The van der Waals surface area contributed by atoms with Crippen molar-refractivity contribution in [3.63, 3.8) is 0 Å². The molecule has 1 atom stereocenters. The molecule has 1 amide bonds. The second-order valence-electron chi connectivity index (χ2n) is 9.75. The van der Waals surface area contributed by atoms with Crippen molar-refractivity contribution in [3.8, 4) is 11.1 Å². The van der Waals surface area contributed by atoms with E-state index in [1.165, 1.54) is 7.11 Å². The molecular weight excluding hydrogens is 476 g/mol. The first-order valence-electron chi connectivity index (χ1n) is 13.1. The number of carbonyl (C=O) groups excluding carboxylic acids is 2. The summed E-state index contributed by atoms with van der Waals surface area (Å²) in [6.45, 7) is 4.82. The number of esters is 1. The Morgan fingerprint density at radius 1 is 1.08 bits per heavy atom. The zero-order valence-electron chi connectivity index (χ0n) is 22.0. The number of nitrogens with one attached hydrogen (secondary N) is 1. The Kier molecular flexibility index (Phi) is 7.36. The third-order valence-electron chi connectivity index (χ3n) is 7.10. The molecule has 1 aliphatic rings. The van der Waals surface area contributed by atoms with Gasteiger partial charge in [0.25, 0.3) is 0 Å². The summed E-state index contributed by atoms with van der Waals surface area (Å²) in [6.07, 6.45) is 3.41. The van der Waals surface area contributed by atoms with Gasteiger partial charge in [0.1, 0.15) is 5.82 Å². The van der Waals surface area contributed by atoms with Crippen molar-refractivity contribution in [2.75, 3.05) is 7.11 Å². The molecule has 7 heteroatoms. The van der Waals surface area contributed by atoms with E-state index < -0.39 is 0 Å². The number of benzene rings is 3. The van der Waals surface area contributed by atoms with Crippen molar-refractivity contribution in [2.24, 2.45) is 11.0 Å². The summed E-state index contributed by atoms with van der Waals surface area (Å²) >= 11 is 0. The highest BCUT2D eigenvalue weighted by Gasteiger charge is 2.23. The maximum Gasteiger partial charge on any atom is 0.338 e. The molecule has 0 saturated heterocycles. The third-order valence-corrected chi connectivity index (χ3v) is 7.10. The van der Waals surface area contributed by atoms with Crippen LogP contribution in [0.3, 0.4) is 0 Å². The van der Waals surface area contributed by atoms with E-state index >= 15 is 0 Å². The molecule has 0 fully saturated rings. The van der Waals surface area contributed by atoms with Crippen LogP contribution in [0.4, 0.5) is 0 Å². The zero-order valence-corrected chi connectivity index (χ0v) is 22.0. The number of imidazole rings is 1. The summed E-state index contributed by atoms with van der Waals surface area (Å²) in [5, 5.41) is 4.33. The molecule has 4 aromatic rings. The molecule has 194 valence electrons. The van der Waals surface area contributed by atoms with Gasteiger partial charge in [-0.15, -0.1) is 0 Å². The molecule has 2 heterocycles. The van der Waals surface area contributed by atoms with Crippen molar-refractivity contribution < 1.29 is 14.3 Å². The normalized spacial score (nSPS) is 15.3. The van der Waals surface area contributed by atoms with Gasteiger partial charge in [-0.3, -0.25) is 4.79 Å². The number of methoxy groups -OCH3 is 1. The number of aromatic nitrogens is 2. The Balaban J connectivity index is 1.58. The second kappa shape index (κ2) is 11.0. The second-order valence-corrected chi connectivity index (χ2v) is 9.75. The SMILES string of the molecule is CCCCc1nc2cc(C3=NNC(=O)CC3C)ccc2n1Cc1ccccc1-c1ccccc1C(=O)OC. The largest absolute Gasteiger partial charge is 0.465 e. The molecule has 3 aromatic carbocycles. The van der Waals surface area contributed by atoms with Gasteiger partial charge in [0.15, 0.2) is 0 Å². The number of nitrogens with zero attached hydrogens (tertiary/aromatic N) is 3. The summed E-state index contributed by atoms with van der Waals surface area (Å²) in [4.78, 5) is 29.3. The van der Waals surface area contributed by atoms with Crippen molar-refractivity contribution in [1.82, 2.24) is 15.0 Å². The predicted molar refractivity (Wildman–Crippen MR) is 149 cm³/mol. The lowest BCUT2D eigenvalue weighted by Crippen LogP contribution is -2.31. The monoisotopic (exact) mass is 508 g/mol. The Hall–Kier alpha value is -4.26. The van der Waals surface area contributed by atoms with Crippen LogP contribution >= 0.6 is 0 Å². The number of hydrogen-bond acceptors (Lipinski definition) is 5. The molecule has 7 nitrogen and oxygen atoms in total. The predicted octanol–water partition coefficient (Wildman–Crippen LogP) is 5.74.